The van der Waals surface area contributed by atoms with E-state index in [9.17, 15) is 10.1 Å². The van der Waals surface area contributed by atoms with E-state index < -0.39 is 4.92 Å². The summed E-state index contributed by atoms with van der Waals surface area (Å²) >= 11 is 1.52. The molecule has 0 saturated heterocycles. The minimum atomic E-state index is -0.463. The molecule has 0 saturated carbocycles. The zero-order valence-corrected chi connectivity index (χ0v) is 11.4. The van der Waals surface area contributed by atoms with E-state index in [4.69, 9.17) is 9.26 Å². The number of thiophene rings is 1. The lowest BCUT2D eigenvalue weighted by Gasteiger charge is -2.01. The van der Waals surface area contributed by atoms with E-state index >= 15 is 0 Å². The molecule has 106 valence electrons. The summed E-state index contributed by atoms with van der Waals surface area (Å²) < 4.78 is 10.5. The first-order chi connectivity index (χ1) is 10.2. The molecule has 0 unspecified atom stereocenters. The third-order valence-electron chi connectivity index (χ3n) is 2.62. The van der Waals surface area contributed by atoms with Gasteiger partial charge >= 0.3 is 0 Å². The van der Waals surface area contributed by atoms with Crippen LogP contribution < -0.4 is 4.74 Å². The minimum Gasteiger partial charge on any atom is -0.484 e. The van der Waals surface area contributed by atoms with Gasteiger partial charge in [0.2, 0.25) is 5.82 Å². The third-order valence-corrected chi connectivity index (χ3v) is 3.49. The van der Waals surface area contributed by atoms with Crippen LogP contribution in [0.25, 0.3) is 10.7 Å². The van der Waals surface area contributed by atoms with Gasteiger partial charge in [-0.1, -0.05) is 11.2 Å². The van der Waals surface area contributed by atoms with Crippen molar-refractivity contribution in [3.63, 3.8) is 0 Å². The standard InChI is InChI=1S/C13H9N3O4S/c17-16(18)9-3-5-10(6-4-9)19-8-12-14-13(15-20-12)11-2-1-7-21-11/h1-7H,8H2. The molecule has 0 bridgehead atoms. The summed E-state index contributed by atoms with van der Waals surface area (Å²) in [5.41, 5.74) is 0.0140. The van der Waals surface area contributed by atoms with Gasteiger partial charge in [0.15, 0.2) is 6.61 Å². The van der Waals surface area contributed by atoms with Gasteiger partial charge in [0.1, 0.15) is 5.75 Å². The summed E-state index contributed by atoms with van der Waals surface area (Å²) in [5.74, 6) is 1.36. The highest BCUT2D eigenvalue weighted by atomic mass is 32.1. The predicted molar refractivity (Wildman–Crippen MR) is 75.0 cm³/mol. The number of ether oxygens (including phenoxy) is 1. The normalized spacial score (nSPS) is 10.5. The molecule has 3 rings (SSSR count). The lowest BCUT2D eigenvalue weighted by atomic mass is 10.3. The van der Waals surface area contributed by atoms with Crippen molar-refractivity contribution in [2.75, 3.05) is 0 Å². The fraction of sp³-hybridized carbons (Fsp3) is 0.0769. The second-order valence-corrected chi connectivity index (χ2v) is 4.98. The molecule has 3 aromatic rings. The minimum absolute atomic E-state index is 0.0140. The number of aromatic nitrogens is 2. The van der Waals surface area contributed by atoms with E-state index in [0.29, 0.717) is 17.5 Å². The van der Waals surface area contributed by atoms with Gasteiger partial charge in [-0.3, -0.25) is 10.1 Å². The van der Waals surface area contributed by atoms with Crippen LogP contribution in [0.3, 0.4) is 0 Å². The Bertz CT molecular complexity index is 737. The van der Waals surface area contributed by atoms with Gasteiger partial charge in [-0.15, -0.1) is 11.3 Å². The van der Waals surface area contributed by atoms with Gasteiger partial charge in [0, 0.05) is 12.1 Å². The Morgan fingerprint density at radius 2 is 2.10 bits per heavy atom. The van der Waals surface area contributed by atoms with Crippen molar-refractivity contribution >= 4 is 17.0 Å². The Hall–Kier alpha value is -2.74. The Morgan fingerprint density at radius 3 is 2.76 bits per heavy atom. The molecule has 0 N–H and O–H groups in total. The first-order valence-electron chi connectivity index (χ1n) is 5.96. The van der Waals surface area contributed by atoms with Gasteiger partial charge in [0.05, 0.1) is 9.80 Å². The molecule has 2 aromatic heterocycles. The fourth-order valence-corrected chi connectivity index (χ4v) is 2.28. The van der Waals surface area contributed by atoms with Crippen molar-refractivity contribution in [3.8, 4) is 16.5 Å². The van der Waals surface area contributed by atoms with Crippen LogP contribution in [0.15, 0.2) is 46.3 Å². The fourth-order valence-electron chi connectivity index (χ4n) is 1.63. The first kappa shape index (κ1) is 13.3. The summed E-state index contributed by atoms with van der Waals surface area (Å²) in [6.45, 7) is 0.107. The number of non-ortho nitro benzene ring substituents is 1. The highest BCUT2D eigenvalue weighted by Gasteiger charge is 2.10. The lowest BCUT2D eigenvalue weighted by molar-refractivity contribution is -0.384. The third kappa shape index (κ3) is 3.06. The maximum absolute atomic E-state index is 10.5. The summed E-state index contributed by atoms with van der Waals surface area (Å²) in [7, 11) is 0. The van der Waals surface area contributed by atoms with Gasteiger partial charge in [0.25, 0.3) is 11.6 Å². The van der Waals surface area contributed by atoms with E-state index in [0.717, 1.165) is 4.88 Å². The van der Waals surface area contributed by atoms with Crippen LogP contribution in [0.5, 0.6) is 5.75 Å². The number of benzene rings is 1. The van der Waals surface area contributed by atoms with Crippen LogP contribution in [-0.2, 0) is 6.61 Å². The van der Waals surface area contributed by atoms with Gasteiger partial charge in [-0.05, 0) is 23.6 Å². The van der Waals surface area contributed by atoms with Crippen molar-refractivity contribution < 1.29 is 14.2 Å². The number of hydrogen-bond acceptors (Lipinski definition) is 7. The van der Waals surface area contributed by atoms with Crippen LogP contribution >= 0.6 is 11.3 Å². The molecule has 0 aliphatic heterocycles. The highest BCUT2D eigenvalue weighted by molar-refractivity contribution is 7.13. The number of nitro benzene ring substituents is 1. The van der Waals surface area contributed by atoms with Gasteiger partial charge in [-0.25, -0.2) is 0 Å². The average molecular weight is 303 g/mol. The Kier molecular flexibility index (Phi) is 3.61. The van der Waals surface area contributed by atoms with Crippen LogP contribution in [0.1, 0.15) is 5.89 Å². The average Bonchev–Trinajstić information content (AvgIpc) is 3.16. The zero-order chi connectivity index (χ0) is 14.7. The monoisotopic (exact) mass is 303 g/mol. The van der Waals surface area contributed by atoms with Crippen molar-refractivity contribution in [1.29, 1.82) is 0 Å². The van der Waals surface area contributed by atoms with Crippen molar-refractivity contribution in [2.24, 2.45) is 0 Å². The molecule has 0 atom stereocenters. The molecular formula is C13H9N3O4S. The summed E-state index contributed by atoms with van der Waals surface area (Å²) in [5, 5.41) is 16.3. The van der Waals surface area contributed by atoms with Crippen LogP contribution in [-0.4, -0.2) is 15.1 Å². The number of rotatable bonds is 5. The summed E-state index contributed by atoms with van der Waals surface area (Å²) in [6, 6.07) is 9.60. The van der Waals surface area contributed by atoms with Crippen molar-refractivity contribution in [1.82, 2.24) is 10.1 Å². The van der Waals surface area contributed by atoms with Crippen LogP contribution in [0.4, 0.5) is 5.69 Å². The van der Waals surface area contributed by atoms with E-state index in [2.05, 4.69) is 10.1 Å². The number of hydrogen-bond donors (Lipinski definition) is 0. The molecule has 8 heteroatoms. The molecule has 1 aromatic carbocycles. The molecule has 0 aliphatic carbocycles. The molecule has 21 heavy (non-hydrogen) atoms. The zero-order valence-electron chi connectivity index (χ0n) is 10.6. The van der Waals surface area contributed by atoms with Gasteiger partial charge in [-0.2, -0.15) is 4.98 Å². The maximum Gasteiger partial charge on any atom is 0.269 e. The van der Waals surface area contributed by atoms with Crippen LogP contribution in [0, 0.1) is 10.1 Å². The maximum atomic E-state index is 10.5. The van der Waals surface area contributed by atoms with Gasteiger partial charge < -0.3 is 9.26 Å². The van der Waals surface area contributed by atoms with E-state index in [-0.39, 0.29) is 12.3 Å². The molecule has 0 aliphatic rings. The topological polar surface area (TPSA) is 91.3 Å². The van der Waals surface area contributed by atoms with E-state index in [1.165, 1.54) is 35.6 Å². The smallest absolute Gasteiger partial charge is 0.269 e. The van der Waals surface area contributed by atoms with Crippen LogP contribution in [0.2, 0.25) is 0 Å². The summed E-state index contributed by atoms with van der Waals surface area (Å²) in [4.78, 5) is 15.2. The second-order valence-electron chi connectivity index (χ2n) is 4.03. The molecule has 0 radical (unpaired) electrons. The van der Waals surface area contributed by atoms with E-state index in [1.54, 1.807) is 0 Å². The second kappa shape index (κ2) is 5.71. The summed E-state index contributed by atoms with van der Waals surface area (Å²) in [6.07, 6.45) is 0. The molecule has 0 amide bonds. The Balaban J connectivity index is 1.64. The number of nitrogens with zero attached hydrogens (tertiary/aromatic N) is 3. The SMILES string of the molecule is O=[N+]([O-])c1ccc(OCc2nc(-c3cccs3)no2)cc1. The lowest BCUT2D eigenvalue weighted by Crippen LogP contribution is -1.96. The highest BCUT2D eigenvalue weighted by Crippen LogP contribution is 2.22. The largest absolute Gasteiger partial charge is 0.484 e. The Labute approximate surface area is 123 Å². The molecule has 0 spiro atoms. The molecular weight excluding hydrogens is 294 g/mol. The Morgan fingerprint density at radius 1 is 1.29 bits per heavy atom. The molecule has 0 fully saturated rings. The number of nitro groups is 1. The quantitative estimate of drug-likeness (QED) is 0.530. The molecule has 7 nitrogen and oxygen atoms in total. The van der Waals surface area contributed by atoms with E-state index in [1.807, 2.05) is 17.5 Å². The van der Waals surface area contributed by atoms with Crippen molar-refractivity contribution in [3.05, 3.63) is 57.8 Å². The first-order valence-corrected chi connectivity index (χ1v) is 6.84. The molecule has 2 heterocycles. The van der Waals surface area contributed by atoms with Crippen molar-refractivity contribution in [2.45, 2.75) is 6.61 Å². The predicted octanol–water partition coefficient (Wildman–Crippen LogP) is 3.29.